The molecule has 0 radical (unpaired) electrons. The van der Waals surface area contributed by atoms with Gasteiger partial charge >= 0.3 is 5.97 Å². The van der Waals surface area contributed by atoms with Crippen LogP contribution in [0.25, 0.3) is 10.8 Å². The Morgan fingerprint density at radius 3 is 2.60 bits per heavy atom. The number of rotatable bonds is 5. The number of carboxylic acids is 1. The average Bonchev–Trinajstić information content (AvgIpc) is 2.46. The standard InChI is InChI=1S/C16H16N2O2/c1-2-5-15(16(19)20)18-14-9-8-11(10-17)12-6-3-4-7-13(12)14/h3-4,6-9,15,18H,2,5H2,1H3,(H,19,20). The van der Waals surface area contributed by atoms with Gasteiger partial charge in [-0.25, -0.2) is 4.79 Å². The van der Waals surface area contributed by atoms with Crippen molar-refractivity contribution in [3.05, 3.63) is 42.0 Å². The van der Waals surface area contributed by atoms with Crippen LogP contribution in [0.4, 0.5) is 5.69 Å². The Kier molecular flexibility index (Phi) is 4.21. The number of nitriles is 1. The molecule has 4 nitrogen and oxygen atoms in total. The predicted octanol–water partition coefficient (Wildman–Crippen LogP) is 3.38. The van der Waals surface area contributed by atoms with E-state index in [1.54, 1.807) is 12.1 Å². The average molecular weight is 268 g/mol. The number of nitrogens with zero attached hydrogens (tertiary/aromatic N) is 1. The van der Waals surface area contributed by atoms with E-state index in [0.717, 1.165) is 22.9 Å². The maximum absolute atomic E-state index is 11.2. The van der Waals surface area contributed by atoms with Crippen molar-refractivity contribution >= 4 is 22.4 Å². The monoisotopic (exact) mass is 268 g/mol. The van der Waals surface area contributed by atoms with Gasteiger partial charge in [0.2, 0.25) is 0 Å². The Labute approximate surface area is 117 Å². The molecule has 0 amide bonds. The van der Waals surface area contributed by atoms with Gasteiger partial charge in [0.25, 0.3) is 0 Å². The molecule has 0 aromatic heterocycles. The predicted molar refractivity (Wildman–Crippen MR) is 78.6 cm³/mol. The lowest BCUT2D eigenvalue weighted by molar-refractivity contribution is -0.138. The van der Waals surface area contributed by atoms with E-state index < -0.39 is 12.0 Å². The minimum atomic E-state index is -0.861. The van der Waals surface area contributed by atoms with Gasteiger partial charge in [-0.2, -0.15) is 5.26 Å². The van der Waals surface area contributed by atoms with Gasteiger partial charge in [0, 0.05) is 16.5 Å². The molecule has 0 heterocycles. The van der Waals surface area contributed by atoms with Crippen LogP contribution in [0.3, 0.4) is 0 Å². The minimum absolute atomic E-state index is 0.559. The first kappa shape index (κ1) is 13.9. The van der Waals surface area contributed by atoms with E-state index in [1.807, 2.05) is 31.2 Å². The first-order valence-corrected chi connectivity index (χ1v) is 6.58. The lowest BCUT2D eigenvalue weighted by atomic mass is 10.0. The number of hydrogen-bond donors (Lipinski definition) is 2. The normalized spacial score (nSPS) is 11.8. The molecular formula is C16H16N2O2. The SMILES string of the molecule is CCCC(Nc1ccc(C#N)c2ccccc12)C(=O)O. The summed E-state index contributed by atoms with van der Waals surface area (Å²) >= 11 is 0. The topological polar surface area (TPSA) is 73.1 Å². The number of carboxylic acid groups (broad SMARTS) is 1. The molecule has 0 spiro atoms. The number of anilines is 1. The highest BCUT2D eigenvalue weighted by Gasteiger charge is 2.17. The zero-order valence-electron chi connectivity index (χ0n) is 11.3. The summed E-state index contributed by atoms with van der Waals surface area (Å²) in [4.78, 5) is 11.2. The Hall–Kier alpha value is -2.54. The molecule has 102 valence electrons. The zero-order valence-corrected chi connectivity index (χ0v) is 11.3. The number of carbonyl (C=O) groups is 1. The largest absolute Gasteiger partial charge is 0.480 e. The third-order valence-corrected chi connectivity index (χ3v) is 3.25. The number of nitrogens with one attached hydrogen (secondary N) is 1. The van der Waals surface area contributed by atoms with Crippen LogP contribution in [-0.2, 0) is 4.79 Å². The molecule has 2 aromatic carbocycles. The van der Waals surface area contributed by atoms with Crippen LogP contribution >= 0.6 is 0 Å². The fourth-order valence-electron chi connectivity index (χ4n) is 2.26. The quantitative estimate of drug-likeness (QED) is 0.871. The smallest absolute Gasteiger partial charge is 0.326 e. The Morgan fingerprint density at radius 1 is 1.30 bits per heavy atom. The fourth-order valence-corrected chi connectivity index (χ4v) is 2.26. The van der Waals surface area contributed by atoms with Crippen molar-refractivity contribution in [1.29, 1.82) is 5.26 Å². The third-order valence-electron chi connectivity index (χ3n) is 3.25. The summed E-state index contributed by atoms with van der Waals surface area (Å²) in [6.07, 6.45) is 1.35. The van der Waals surface area contributed by atoms with Crippen LogP contribution in [0.1, 0.15) is 25.3 Å². The van der Waals surface area contributed by atoms with Crippen molar-refractivity contribution in [3.63, 3.8) is 0 Å². The maximum atomic E-state index is 11.2. The zero-order chi connectivity index (χ0) is 14.5. The molecule has 2 rings (SSSR count). The highest BCUT2D eigenvalue weighted by Crippen LogP contribution is 2.27. The van der Waals surface area contributed by atoms with Gasteiger partial charge in [-0.3, -0.25) is 0 Å². The first-order valence-electron chi connectivity index (χ1n) is 6.58. The first-order chi connectivity index (χ1) is 9.67. The van der Waals surface area contributed by atoms with E-state index in [1.165, 1.54) is 0 Å². The van der Waals surface area contributed by atoms with Crippen molar-refractivity contribution < 1.29 is 9.90 Å². The van der Waals surface area contributed by atoms with E-state index in [0.29, 0.717) is 12.0 Å². The van der Waals surface area contributed by atoms with E-state index in [2.05, 4.69) is 11.4 Å². The van der Waals surface area contributed by atoms with Crippen LogP contribution in [-0.4, -0.2) is 17.1 Å². The summed E-state index contributed by atoms with van der Waals surface area (Å²) in [6, 6.07) is 12.5. The lowest BCUT2D eigenvalue weighted by Crippen LogP contribution is -2.29. The molecule has 0 aliphatic carbocycles. The van der Waals surface area contributed by atoms with Crippen molar-refractivity contribution in [2.24, 2.45) is 0 Å². The molecule has 2 N–H and O–H groups in total. The molecule has 0 fully saturated rings. The van der Waals surface area contributed by atoms with Crippen LogP contribution in [0.15, 0.2) is 36.4 Å². The Balaban J connectivity index is 2.45. The molecule has 0 aliphatic heterocycles. The second kappa shape index (κ2) is 6.07. The second-order valence-electron chi connectivity index (χ2n) is 4.64. The summed E-state index contributed by atoms with van der Waals surface area (Å²) < 4.78 is 0. The Bertz CT molecular complexity index is 674. The number of aliphatic carboxylic acids is 1. The third kappa shape index (κ3) is 2.72. The molecule has 4 heteroatoms. The summed E-state index contributed by atoms with van der Waals surface area (Å²) in [5.41, 5.74) is 1.34. The van der Waals surface area contributed by atoms with Crippen LogP contribution in [0.2, 0.25) is 0 Å². The molecule has 0 saturated heterocycles. The van der Waals surface area contributed by atoms with Gasteiger partial charge in [0.05, 0.1) is 11.6 Å². The molecule has 20 heavy (non-hydrogen) atoms. The number of benzene rings is 2. The highest BCUT2D eigenvalue weighted by atomic mass is 16.4. The minimum Gasteiger partial charge on any atom is -0.480 e. The summed E-state index contributed by atoms with van der Waals surface area (Å²) in [7, 11) is 0. The van der Waals surface area contributed by atoms with Crippen molar-refractivity contribution in [3.8, 4) is 6.07 Å². The van der Waals surface area contributed by atoms with E-state index in [4.69, 9.17) is 5.26 Å². The van der Waals surface area contributed by atoms with Crippen LogP contribution in [0, 0.1) is 11.3 Å². The lowest BCUT2D eigenvalue weighted by Gasteiger charge is -2.17. The van der Waals surface area contributed by atoms with Gasteiger partial charge in [-0.15, -0.1) is 0 Å². The van der Waals surface area contributed by atoms with E-state index in [9.17, 15) is 9.90 Å². The van der Waals surface area contributed by atoms with Crippen molar-refractivity contribution in [2.75, 3.05) is 5.32 Å². The molecule has 1 atom stereocenters. The molecule has 0 aliphatic rings. The highest BCUT2D eigenvalue weighted by molar-refractivity contribution is 5.98. The van der Waals surface area contributed by atoms with Crippen LogP contribution < -0.4 is 5.32 Å². The summed E-state index contributed by atoms with van der Waals surface area (Å²) in [6.45, 7) is 1.95. The summed E-state index contributed by atoms with van der Waals surface area (Å²) in [5, 5.41) is 23.1. The molecule has 1 unspecified atom stereocenters. The molecular weight excluding hydrogens is 252 g/mol. The van der Waals surface area contributed by atoms with Gasteiger partial charge in [-0.05, 0) is 18.6 Å². The van der Waals surface area contributed by atoms with E-state index >= 15 is 0 Å². The van der Waals surface area contributed by atoms with E-state index in [-0.39, 0.29) is 0 Å². The molecule has 2 aromatic rings. The van der Waals surface area contributed by atoms with Gasteiger partial charge < -0.3 is 10.4 Å². The van der Waals surface area contributed by atoms with Crippen LogP contribution in [0.5, 0.6) is 0 Å². The second-order valence-corrected chi connectivity index (χ2v) is 4.64. The number of fused-ring (bicyclic) bond motifs is 1. The van der Waals surface area contributed by atoms with Gasteiger partial charge in [-0.1, -0.05) is 37.6 Å². The fraction of sp³-hybridized carbons (Fsp3) is 0.250. The number of hydrogen-bond acceptors (Lipinski definition) is 3. The van der Waals surface area contributed by atoms with Gasteiger partial charge in [0.15, 0.2) is 0 Å². The van der Waals surface area contributed by atoms with Gasteiger partial charge in [0.1, 0.15) is 6.04 Å². The summed E-state index contributed by atoms with van der Waals surface area (Å²) in [5.74, 6) is -0.861. The Morgan fingerprint density at radius 2 is 2.00 bits per heavy atom. The maximum Gasteiger partial charge on any atom is 0.326 e. The van der Waals surface area contributed by atoms with Crippen molar-refractivity contribution in [1.82, 2.24) is 0 Å². The van der Waals surface area contributed by atoms with Crippen molar-refractivity contribution in [2.45, 2.75) is 25.8 Å². The molecule has 0 bridgehead atoms. The molecule has 0 saturated carbocycles.